The van der Waals surface area contributed by atoms with E-state index in [1.54, 1.807) is 0 Å². The molecule has 2 heterocycles. The van der Waals surface area contributed by atoms with Gasteiger partial charge in [0.1, 0.15) is 36.2 Å². The van der Waals surface area contributed by atoms with Crippen LogP contribution in [0.25, 0.3) is 22.1 Å². The first-order valence-corrected chi connectivity index (χ1v) is 7.30. The Labute approximate surface area is 129 Å². The average Bonchev–Trinajstić information content (AvgIpc) is 3.15. The summed E-state index contributed by atoms with van der Waals surface area (Å²) >= 11 is 0. The molecule has 0 saturated carbocycles. The molecule has 0 N–H and O–H groups in total. The van der Waals surface area contributed by atoms with Gasteiger partial charge in [0.2, 0.25) is 12.7 Å². The molecular weight excluding hydrogens is 272 g/mol. The smallest absolute Gasteiger partial charge is 0.239 e. The fraction of sp³-hybridized carbons (Fsp3) is 0.111. The molecule has 4 nitrogen and oxygen atoms in total. The molecule has 0 unspecified atom stereocenters. The fourth-order valence-corrected chi connectivity index (χ4v) is 2.75. The average molecular weight is 290 g/mol. The van der Waals surface area contributed by atoms with E-state index in [0.29, 0.717) is 0 Å². The van der Waals surface area contributed by atoms with Gasteiger partial charge < -0.3 is 0 Å². The Hall–Kier alpha value is -2.88. The number of nitrogens with zero attached hydrogens (tertiary/aromatic N) is 4. The third-order valence-corrected chi connectivity index (χ3v) is 3.94. The summed E-state index contributed by atoms with van der Waals surface area (Å²) < 4.78 is 8.33. The number of hydrogen-bond acceptors (Lipinski definition) is 0. The zero-order valence-electron chi connectivity index (χ0n) is 12.7. The van der Waals surface area contributed by atoms with Gasteiger partial charge in [-0.15, -0.1) is 0 Å². The summed E-state index contributed by atoms with van der Waals surface area (Å²) in [5, 5.41) is 2.49. The second kappa shape index (κ2) is 4.84. The van der Waals surface area contributed by atoms with Crippen molar-refractivity contribution in [3.63, 3.8) is 0 Å². The summed E-state index contributed by atoms with van der Waals surface area (Å²) in [6.07, 6.45) is 12.3. The van der Waals surface area contributed by atoms with E-state index in [4.69, 9.17) is 0 Å². The molecule has 4 aromatic rings. The van der Waals surface area contributed by atoms with Crippen LogP contribution in [0.5, 0.6) is 0 Å². The number of rotatable bonds is 2. The summed E-state index contributed by atoms with van der Waals surface area (Å²) in [6.45, 7) is 0. The summed E-state index contributed by atoms with van der Waals surface area (Å²) in [7, 11) is 4.06. The molecule has 0 aliphatic heterocycles. The predicted molar refractivity (Wildman–Crippen MR) is 85.0 cm³/mol. The first-order chi connectivity index (χ1) is 10.7. The highest BCUT2D eigenvalue weighted by molar-refractivity contribution is 5.86. The second-order valence-electron chi connectivity index (χ2n) is 5.69. The molecule has 0 amide bonds. The number of fused-ring (bicyclic) bond motifs is 1. The van der Waals surface area contributed by atoms with Crippen LogP contribution in [0.3, 0.4) is 0 Å². The molecule has 2 aromatic carbocycles. The quantitative estimate of drug-likeness (QED) is 0.503. The highest BCUT2D eigenvalue weighted by Crippen LogP contribution is 2.21. The van der Waals surface area contributed by atoms with Crippen molar-refractivity contribution in [1.82, 2.24) is 9.13 Å². The minimum Gasteiger partial charge on any atom is -0.239 e. The molecule has 0 aliphatic carbocycles. The Morgan fingerprint density at radius 3 is 1.50 bits per heavy atom. The molecule has 0 atom stereocenters. The summed E-state index contributed by atoms with van der Waals surface area (Å²) in [5.41, 5.74) is 2.35. The maximum Gasteiger partial charge on any atom is 0.248 e. The van der Waals surface area contributed by atoms with E-state index >= 15 is 0 Å². The van der Waals surface area contributed by atoms with Crippen LogP contribution in [-0.4, -0.2) is 9.13 Å². The molecule has 2 aromatic heterocycles. The van der Waals surface area contributed by atoms with Crippen molar-refractivity contribution in [2.24, 2.45) is 14.1 Å². The molecule has 0 fully saturated rings. The minimum absolute atomic E-state index is 1.17. The lowest BCUT2D eigenvalue weighted by Crippen LogP contribution is -2.23. The van der Waals surface area contributed by atoms with E-state index in [2.05, 4.69) is 70.6 Å². The van der Waals surface area contributed by atoms with Gasteiger partial charge in [-0.05, 0) is 47.2 Å². The van der Waals surface area contributed by atoms with Crippen LogP contribution in [0, 0.1) is 0 Å². The summed E-state index contributed by atoms with van der Waals surface area (Å²) in [6, 6.07) is 13.1. The maximum absolute atomic E-state index is 2.22. The molecule has 22 heavy (non-hydrogen) atoms. The SMILES string of the molecule is C[n+]1ccn(-c2ccc3cc(-n4cc[n+](C)c4)ccc3c2)c1. The van der Waals surface area contributed by atoms with Crippen molar-refractivity contribution in [3.8, 4) is 11.4 Å². The van der Waals surface area contributed by atoms with Crippen LogP contribution < -0.4 is 9.13 Å². The number of aryl methyl sites for hydroxylation is 2. The van der Waals surface area contributed by atoms with Crippen molar-refractivity contribution >= 4 is 10.8 Å². The van der Waals surface area contributed by atoms with E-state index in [0.717, 1.165) is 0 Å². The van der Waals surface area contributed by atoms with Crippen LogP contribution in [0.4, 0.5) is 0 Å². The molecule has 0 spiro atoms. The predicted octanol–water partition coefficient (Wildman–Crippen LogP) is 2.07. The van der Waals surface area contributed by atoms with Gasteiger partial charge in [0.05, 0.1) is 14.1 Å². The van der Waals surface area contributed by atoms with Crippen LogP contribution in [-0.2, 0) is 14.1 Å². The fourth-order valence-electron chi connectivity index (χ4n) is 2.75. The van der Waals surface area contributed by atoms with Crippen molar-refractivity contribution in [1.29, 1.82) is 0 Å². The standard InChI is InChI=1S/C18H18N4/c1-19-7-9-21(13-19)17-5-3-16-12-18(6-4-15(16)11-17)22-10-8-20(2)14-22/h3-14H,1-2H3/q+2. The molecule has 0 bridgehead atoms. The molecular formula is C18H18N4+2. The molecule has 0 aliphatic rings. The molecule has 4 rings (SSSR count). The van der Waals surface area contributed by atoms with Crippen LogP contribution in [0.2, 0.25) is 0 Å². The first kappa shape index (κ1) is 12.8. The zero-order chi connectivity index (χ0) is 15.1. The lowest BCUT2D eigenvalue weighted by Gasteiger charge is -2.02. The minimum atomic E-state index is 1.17. The number of aromatic nitrogens is 4. The van der Waals surface area contributed by atoms with E-state index in [-0.39, 0.29) is 0 Å². The van der Waals surface area contributed by atoms with Gasteiger partial charge in [-0.25, -0.2) is 18.3 Å². The molecule has 0 radical (unpaired) electrons. The van der Waals surface area contributed by atoms with Crippen molar-refractivity contribution < 1.29 is 9.13 Å². The molecule has 4 heteroatoms. The van der Waals surface area contributed by atoms with Crippen molar-refractivity contribution in [2.45, 2.75) is 0 Å². The van der Waals surface area contributed by atoms with E-state index in [9.17, 15) is 0 Å². The van der Waals surface area contributed by atoms with Crippen molar-refractivity contribution in [3.05, 3.63) is 73.8 Å². The summed E-state index contributed by atoms with van der Waals surface area (Å²) in [5.74, 6) is 0. The van der Waals surface area contributed by atoms with Gasteiger partial charge in [-0.3, -0.25) is 0 Å². The topological polar surface area (TPSA) is 17.6 Å². The van der Waals surface area contributed by atoms with Crippen LogP contribution in [0.1, 0.15) is 0 Å². The number of hydrogen-bond donors (Lipinski definition) is 0. The van der Waals surface area contributed by atoms with E-state index in [1.807, 2.05) is 35.6 Å². The van der Waals surface area contributed by atoms with Crippen LogP contribution in [0.15, 0.2) is 73.8 Å². The van der Waals surface area contributed by atoms with E-state index in [1.165, 1.54) is 22.1 Å². The van der Waals surface area contributed by atoms with Gasteiger partial charge in [-0.1, -0.05) is 0 Å². The Kier molecular flexibility index (Phi) is 2.82. The normalized spacial score (nSPS) is 11.2. The lowest BCUT2D eigenvalue weighted by molar-refractivity contribution is -0.670. The largest absolute Gasteiger partial charge is 0.248 e. The Morgan fingerprint density at radius 1 is 0.682 bits per heavy atom. The Bertz CT molecular complexity index is 883. The van der Waals surface area contributed by atoms with Gasteiger partial charge in [0.25, 0.3) is 0 Å². The third kappa shape index (κ3) is 2.19. The van der Waals surface area contributed by atoms with E-state index < -0.39 is 0 Å². The molecule has 0 saturated heterocycles. The maximum atomic E-state index is 2.22. The van der Waals surface area contributed by atoms with Crippen molar-refractivity contribution in [2.75, 3.05) is 0 Å². The zero-order valence-corrected chi connectivity index (χ0v) is 12.7. The highest BCUT2D eigenvalue weighted by atomic mass is 15.1. The lowest BCUT2D eigenvalue weighted by atomic mass is 10.1. The van der Waals surface area contributed by atoms with Gasteiger partial charge >= 0.3 is 0 Å². The van der Waals surface area contributed by atoms with Gasteiger partial charge in [0, 0.05) is 0 Å². The first-order valence-electron chi connectivity index (χ1n) is 7.30. The molecule has 108 valence electrons. The third-order valence-electron chi connectivity index (χ3n) is 3.94. The highest BCUT2D eigenvalue weighted by Gasteiger charge is 2.08. The second-order valence-corrected chi connectivity index (χ2v) is 5.69. The Morgan fingerprint density at radius 2 is 1.14 bits per heavy atom. The number of imidazole rings is 2. The Balaban J connectivity index is 1.79. The van der Waals surface area contributed by atoms with Gasteiger partial charge in [0.15, 0.2) is 0 Å². The summed E-state index contributed by atoms with van der Waals surface area (Å²) in [4.78, 5) is 0. The van der Waals surface area contributed by atoms with Gasteiger partial charge in [-0.2, -0.15) is 0 Å². The van der Waals surface area contributed by atoms with Crippen LogP contribution >= 0.6 is 0 Å². The number of benzene rings is 2. The monoisotopic (exact) mass is 290 g/mol.